The quantitative estimate of drug-likeness (QED) is 0.937. The number of carbonyl (C=O) groups is 1. The zero-order chi connectivity index (χ0) is 16.9. The number of hydrogen-bond acceptors (Lipinski definition) is 4. The van der Waals surface area contributed by atoms with Gasteiger partial charge in [-0.3, -0.25) is 0 Å². The molecule has 126 valence electrons. The van der Waals surface area contributed by atoms with E-state index in [9.17, 15) is 4.79 Å². The molecule has 1 aliphatic heterocycles. The summed E-state index contributed by atoms with van der Waals surface area (Å²) < 4.78 is 11.4. The number of ether oxygens (including phenoxy) is 2. The lowest BCUT2D eigenvalue weighted by Gasteiger charge is -2.35. The first kappa shape index (κ1) is 16.3. The maximum absolute atomic E-state index is 12.5. The molecule has 0 aliphatic carbocycles. The van der Waals surface area contributed by atoms with E-state index in [4.69, 9.17) is 9.47 Å². The van der Waals surface area contributed by atoms with Crippen LogP contribution in [0.25, 0.3) is 0 Å². The van der Waals surface area contributed by atoms with Gasteiger partial charge in [0.1, 0.15) is 11.4 Å². The van der Waals surface area contributed by atoms with Gasteiger partial charge in [0, 0.05) is 19.3 Å². The molecule has 0 unspecified atom stereocenters. The SMILES string of the molecule is C[C@@H]1CN(C(=O)Nc2cccnc2Oc2ccccc2)C[C@@H](C)O1. The molecule has 1 aromatic carbocycles. The number of benzene rings is 1. The zero-order valence-electron chi connectivity index (χ0n) is 13.8. The fourth-order valence-electron chi connectivity index (χ4n) is 2.71. The zero-order valence-corrected chi connectivity index (χ0v) is 13.8. The van der Waals surface area contributed by atoms with Crippen molar-refractivity contribution in [3.05, 3.63) is 48.7 Å². The van der Waals surface area contributed by atoms with Crippen molar-refractivity contribution in [3.8, 4) is 11.6 Å². The average molecular weight is 327 g/mol. The molecule has 1 aromatic heterocycles. The Hall–Kier alpha value is -2.60. The first-order valence-corrected chi connectivity index (χ1v) is 8.01. The van der Waals surface area contributed by atoms with Gasteiger partial charge in [0.15, 0.2) is 0 Å². The van der Waals surface area contributed by atoms with E-state index in [1.807, 2.05) is 44.2 Å². The van der Waals surface area contributed by atoms with Gasteiger partial charge in [-0.15, -0.1) is 0 Å². The van der Waals surface area contributed by atoms with Crippen molar-refractivity contribution in [2.45, 2.75) is 26.1 Å². The fraction of sp³-hybridized carbons (Fsp3) is 0.333. The third-order valence-corrected chi connectivity index (χ3v) is 3.68. The maximum atomic E-state index is 12.5. The second-order valence-electron chi connectivity index (χ2n) is 5.86. The van der Waals surface area contributed by atoms with Gasteiger partial charge in [0.05, 0.1) is 12.2 Å². The predicted molar refractivity (Wildman–Crippen MR) is 91.4 cm³/mol. The summed E-state index contributed by atoms with van der Waals surface area (Å²) in [6, 6.07) is 12.7. The highest BCUT2D eigenvalue weighted by Crippen LogP contribution is 2.27. The number of amides is 2. The van der Waals surface area contributed by atoms with Crippen LogP contribution in [0.1, 0.15) is 13.8 Å². The number of hydrogen-bond donors (Lipinski definition) is 1. The summed E-state index contributed by atoms with van der Waals surface area (Å²) in [5.74, 6) is 1.03. The van der Waals surface area contributed by atoms with Gasteiger partial charge in [0.2, 0.25) is 5.88 Å². The van der Waals surface area contributed by atoms with Crippen LogP contribution in [0.3, 0.4) is 0 Å². The molecule has 24 heavy (non-hydrogen) atoms. The van der Waals surface area contributed by atoms with Gasteiger partial charge in [-0.2, -0.15) is 0 Å². The lowest BCUT2D eigenvalue weighted by Crippen LogP contribution is -2.49. The Kier molecular flexibility index (Phi) is 4.96. The molecule has 0 spiro atoms. The smallest absolute Gasteiger partial charge is 0.322 e. The third-order valence-electron chi connectivity index (χ3n) is 3.68. The highest BCUT2D eigenvalue weighted by atomic mass is 16.5. The molecule has 0 radical (unpaired) electrons. The van der Waals surface area contributed by atoms with Gasteiger partial charge >= 0.3 is 6.03 Å². The Morgan fingerprint density at radius 1 is 1.17 bits per heavy atom. The lowest BCUT2D eigenvalue weighted by atomic mass is 10.2. The van der Waals surface area contributed by atoms with E-state index in [0.717, 1.165) is 0 Å². The number of urea groups is 1. The molecule has 6 heteroatoms. The standard InChI is InChI=1S/C18H21N3O3/c1-13-11-21(12-14(2)23-13)18(22)20-16-9-6-10-19-17(16)24-15-7-4-3-5-8-15/h3-10,13-14H,11-12H2,1-2H3,(H,20,22)/t13-,14-/m1/s1. The van der Waals surface area contributed by atoms with Gasteiger partial charge in [-0.1, -0.05) is 18.2 Å². The summed E-state index contributed by atoms with van der Waals surface area (Å²) in [7, 11) is 0. The van der Waals surface area contributed by atoms with Gasteiger partial charge in [-0.05, 0) is 38.1 Å². The van der Waals surface area contributed by atoms with E-state index in [1.165, 1.54) is 0 Å². The molecule has 2 amide bonds. The Balaban J connectivity index is 1.72. The maximum Gasteiger partial charge on any atom is 0.322 e. The van der Waals surface area contributed by atoms with Gasteiger partial charge in [0.25, 0.3) is 0 Å². The van der Waals surface area contributed by atoms with Crippen LogP contribution < -0.4 is 10.1 Å². The summed E-state index contributed by atoms with van der Waals surface area (Å²) in [5.41, 5.74) is 0.540. The van der Waals surface area contributed by atoms with Crippen LogP contribution in [-0.4, -0.2) is 41.2 Å². The van der Waals surface area contributed by atoms with E-state index < -0.39 is 0 Å². The minimum Gasteiger partial charge on any atom is -0.437 e. The summed E-state index contributed by atoms with van der Waals surface area (Å²) in [5, 5.41) is 2.89. The number of aromatic nitrogens is 1. The molecule has 2 atom stereocenters. The Morgan fingerprint density at radius 3 is 2.58 bits per heavy atom. The lowest BCUT2D eigenvalue weighted by molar-refractivity contribution is -0.0530. The second-order valence-corrected chi connectivity index (χ2v) is 5.86. The molecular weight excluding hydrogens is 306 g/mol. The van der Waals surface area contributed by atoms with Crippen LogP contribution in [0, 0.1) is 0 Å². The summed E-state index contributed by atoms with van der Waals surface area (Å²) in [6.45, 7) is 5.05. The molecule has 1 saturated heterocycles. The molecule has 2 heterocycles. The highest BCUT2D eigenvalue weighted by molar-refractivity contribution is 5.90. The van der Waals surface area contributed by atoms with Crippen LogP contribution in [0.5, 0.6) is 11.6 Å². The van der Waals surface area contributed by atoms with E-state index in [-0.39, 0.29) is 18.2 Å². The predicted octanol–water partition coefficient (Wildman–Crippen LogP) is 3.52. The molecule has 0 saturated carbocycles. The van der Waals surface area contributed by atoms with Crippen molar-refractivity contribution in [2.75, 3.05) is 18.4 Å². The molecule has 1 N–H and O–H groups in total. The van der Waals surface area contributed by atoms with Crippen LogP contribution in [-0.2, 0) is 4.74 Å². The van der Waals surface area contributed by atoms with E-state index >= 15 is 0 Å². The largest absolute Gasteiger partial charge is 0.437 e. The number of nitrogens with one attached hydrogen (secondary N) is 1. The first-order valence-electron chi connectivity index (χ1n) is 8.01. The summed E-state index contributed by atoms with van der Waals surface area (Å²) in [6.07, 6.45) is 1.68. The first-order chi connectivity index (χ1) is 11.6. The monoisotopic (exact) mass is 327 g/mol. The molecule has 3 rings (SSSR count). The average Bonchev–Trinajstić information content (AvgIpc) is 2.56. The Morgan fingerprint density at radius 2 is 1.88 bits per heavy atom. The summed E-state index contributed by atoms with van der Waals surface area (Å²) in [4.78, 5) is 18.5. The second kappa shape index (κ2) is 7.31. The van der Waals surface area contributed by atoms with Crippen molar-refractivity contribution in [1.29, 1.82) is 0 Å². The van der Waals surface area contributed by atoms with Crippen LogP contribution in [0.15, 0.2) is 48.7 Å². The molecule has 2 aromatic rings. The van der Waals surface area contributed by atoms with Crippen molar-refractivity contribution >= 4 is 11.7 Å². The third kappa shape index (κ3) is 4.02. The Labute approximate surface area is 141 Å². The topological polar surface area (TPSA) is 63.7 Å². The van der Waals surface area contributed by atoms with Crippen LogP contribution >= 0.6 is 0 Å². The minimum absolute atomic E-state index is 0.0217. The fourth-order valence-corrected chi connectivity index (χ4v) is 2.71. The molecule has 6 nitrogen and oxygen atoms in total. The molecule has 1 fully saturated rings. The minimum atomic E-state index is -0.178. The summed E-state index contributed by atoms with van der Waals surface area (Å²) >= 11 is 0. The van der Waals surface area contributed by atoms with Crippen molar-refractivity contribution in [3.63, 3.8) is 0 Å². The Bertz CT molecular complexity index is 683. The number of para-hydroxylation sites is 1. The van der Waals surface area contributed by atoms with Gasteiger partial charge < -0.3 is 19.7 Å². The number of anilines is 1. The van der Waals surface area contributed by atoms with Crippen molar-refractivity contribution < 1.29 is 14.3 Å². The van der Waals surface area contributed by atoms with E-state index in [1.54, 1.807) is 23.2 Å². The normalized spacial score (nSPS) is 20.5. The van der Waals surface area contributed by atoms with Crippen LogP contribution in [0.4, 0.5) is 10.5 Å². The van der Waals surface area contributed by atoms with E-state index in [2.05, 4.69) is 10.3 Å². The molecule has 1 aliphatic rings. The number of pyridine rings is 1. The highest BCUT2D eigenvalue weighted by Gasteiger charge is 2.26. The van der Waals surface area contributed by atoms with Gasteiger partial charge in [-0.25, -0.2) is 9.78 Å². The number of morpholine rings is 1. The van der Waals surface area contributed by atoms with Crippen LogP contribution in [0.2, 0.25) is 0 Å². The van der Waals surface area contributed by atoms with Crippen molar-refractivity contribution in [1.82, 2.24) is 9.88 Å². The molecule has 0 bridgehead atoms. The van der Waals surface area contributed by atoms with Crippen molar-refractivity contribution in [2.24, 2.45) is 0 Å². The number of rotatable bonds is 3. The van der Waals surface area contributed by atoms with E-state index in [0.29, 0.717) is 30.4 Å². The molecular formula is C18H21N3O3. The number of carbonyl (C=O) groups excluding carboxylic acids is 1. The number of nitrogens with zero attached hydrogens (tertiary/aromatic N) is 2.